The number of fused-ring (bicyclic) bond motifs is 2. The van der Waals surface area contributed by atoms with Crippen molar-refractivity contribution in [3.63, 3.8) is 0 Å². The molecule has 0 aromatic heterocycles. The molecule has 7 rings (SSSR count). The Bertz CT molecular complexity index is 1260. The Labute approximate surface area is 260 Å². The summed E-state index contributed by atoms with van der Waals surface area (Å²) in [6.07, 6.45) is 1.19. The average Bonchev–Trinajstić information content (AvgIpc) is 3.41. The van der Waals surface area contributed by atoms with Crippen LogP contribution in [0.5, 0.6) is 5.75 Å². The predicted octanol–water partition coefficient (Wildman–Crippen LogP) is 2.80. The first-order chi connectivity index (χ1) is 21.2. The molecular formula is C34H49NO9. The summed E-state index contributed by atoms with van der Waals surface area (Å²) < 4.78 is 43.8. The van der Waals surface area contributed by atoms with Crippen molar-refractivity contribution in [1.82, 2.24) is 4.90 Å². The lowest BCUT2D eigenvalue weighted by molar-refractivity contribution is -0.288. The number of methoxy groups -OCH3 is 6. The molecule has 6 aliphatic rings. The van der Waals surface area contributed by atoms with E-state index < -0.39 is 29.4 Å². The van der Waals surface area contributed by atoms with Gasteiger partial charge in [0.05, 0.1) is 43.2 Å². The van der Waals surface area contributed by atoms with E-state index in [1.54, 1.807) is 52.7 Å². The molecule has 244 valence electrons. The molecule has 7 bridgehead atoms. The minimum absolute atomic E-state index is 0.0544. The van der Waals surface area contributed by atoms with Gasteiger partial charge in [-0.3, -0.25) is 4.90 Å². The molecule has 1 aliphatic heterocycles. The number of likely N-dealkylation sites (tertiary alicyclic amines) is 1. The molecule has 10 nitrogen and oxygen atoms in total. The number of hydrogen-bond acceptors (Lipinski definition) is 10. The second kappa shape index (κ2) is 10.6. The molecule has 44 heavy (non-hydrogen) atoms. The molecule has 1 aromatic carbocycles. The van der Waals surface area contributed by atoms with Gasteiger partial charge in [-0.2, -0.15) is 0 Å². The van der Waals surface area contributed by atoms with E-state index in [9.17, 15) is 9.90 Å². The SMILES string of the molecule is CCN1CC2(COC)CCC(OC)C34C5CC6(O)C(OC)CC(OC)(C5C6OC(=O)c5ccc(OC)cc5)C(C(OC)C23)C14. The molecule has 0 radical (unpaired) electrons. The Morgan fingerprint density at radius 3 is 2.30 bits per heavy atom. The van der Waals surface area contributed by atoms with Crippen LogP contribution in [0.15, 0.2) is 24.3 Å². The van der Waals surface area contributed by atoms with Gasteiger partial charge in [0.2, 0.25) is 0 Å². The topological polar surface area (TPSA) is 105 Å². The highest BCUT2D eigenvalue weighted by Crippen LogP contribution is 2.80. The largest absolute Gasteiger partial charge is 0.497 e. The van der Waals surface area contributed by atoms with E-state index in [0.717, 1.165) is 25.9 Å². The Balaban J connectivity index is 1.43. The molecule has 1 saturated heterocycles. The summed E-state index contributed by atoms with van der Waals surface area (Å²) in [5.74, 6) is -0.0958. The lowest BCUT2D eigenvalue weighted by Gasteiger charge is -2.69. The summed E-state index contributed by atoms with van der Waals surface area (Å²) >= 11 is 0. The van der Waals surface area contributed by atoms with Crippen LogP contribution in [-0.4, -0.2) is 120 Å². The zero-order valence-corrected chi connectivity index (χ0v) is 27.1. The van der Waals surface area contributed by atoms with Crippen molar-refractivity contribution in [2.45, 2.75) is 74.3 Å². The number of nitrogens with zero attached hydrogens (tertiary/aromatic N) is 1. The van der Waals surface area contributed by atoms with Gasteiger partial charge in [0.15, 0.2) is 0 Å². The summed E-state index contributed by atoms with van der Waals surface area (Å²) in [6, 6.07) is 6.99. The van der Waals surface area contributed by atoms with Gasteiger partial charge in [0.1, 0.15) is 17.5 Å². The summed E-state index contributed by atoms with van der Waals surface area (Å²) in [4.78, 5) is 16.5. The number of carbonyl (C=O) groups excluding carboxylic acids is 1. The quantitative estimate of drug-likeness (QED) is 0.395. The smallest absolute Gasteiger partial charge is 0.338 e. The lowest BCUT2D eigenvalue weighted by atomic mass is 9.43. The number of benzene rings is 1. The number of esters is 1. The highest BCUT2D eigenvalue weighted by Gasteiger charge is 2.89. The number of aliphatic hydroxyl groups is 1. The lowest BCUT2D eigenvalue weighted by Crippen LogP contribution is -2.77. The number of rotatable bonds is 10. The Morgan fingerprint density at radius 2 is 1.70 bits per heavy atom. The fraction of sp³-hybridized carbons (Fsp3) is 0.794. The van der Waals surface area contributed by atoms with Crippen LogP contribution in [0, 0.1) is 34.5 Å². The van der Waals surface area contributed by atoms with Crippen molar-refractivity contribution in [3.05, 3.63) is 29.8 Å². The van der Waals surface area contributed by atoms with Crippen LogP contribution in [0.3, 0.4) is 0 Å². The number of ether oxygens (including phenoxy) is 7. The van der Waals surface area contributed by atoms with E-state index in [1.807, 2.05) is 14.2 Å². The normalized spacial score (nSPS) is 48.3. The van der Waals surface area contributed by atoms with E-state index >= 15 is 0 Å². The Morgan fingerprint density at radius 1 is 0.977 bits per heavy atom. The van der Waals surface area contributed by atoms with Gasteiger partial charge >= 0.3 is 5.97 Å². The van der Waals surface area contributed by atoms with Crippen LogP contribution in [0.4, 0.5) is 0 Å². The van der Waals surface area contributed by atoms with Gasteiger partial charge in [0.25, 0.3) is 0 Å². The van der Waals surface area contributed by atoms with E-state index in [4.69, 9.17) is 33.2 Å². The Kier molecular flexibility index (Phi) is 7.44. The molecule has 5 saturated carbocycles. The summed E-state index contributed by atoms with van der Waals surface area (Å²) in [5, 5.41) is 12.7. The van der Waals surface area contributed by atoms with Crippen LogP contribution in [0.2, 0.25) is 0 Å². The van der Waals surface area contributed by atoms with E-state index in [1.165, 1.54) is 0 Å². The molecule has 5 aliphatic carbocycles. The minimum atomic E-state index is -1.39. The van der Waals surface area contributed by atoms with Gasteiger partial charge in [-0.25, -0.2) is 4.79 Å². The molecule has 13 unspecified atom stereocenters. The number of piperidine rings is 1. The van der Waals surface area contributed by atoms with E-state index in [0.29, 0.717) is 30.8 Å². The molecule has 13 atom stereocenters. The first-order valence-electron chi connectivity index (χ1n) is 16.1. The van der Waals surface area contributed by atoms with Gasteiger partial charge in [-0.05, 0) is 56.0 Å². The third-order valence-electron chi connectivity index (χ3n) is 13.4. The summed E-state index contributed by atoms with van der Waals surface area (Å²) in [7, 11) is 10.5. The van der Waals surface area contributed by atoms with E-state index in [-0.39, 0.29) is 52.8 Å². The van der Waals surface area contributed by atoms with Crippen molar-refractivity contribution in [3.8, 4) is 5.75 Å². The molecule has 10 heteroatoms. The standard InChI is InChI=1S/C34H49NO9/c1-8-35-17-31(18-38-2)14-13-22(40-4)34-21-15-32(37)23(41-5)16-33(43-7,25(28(34)35)26(42-6)27(31)34)24(21)29(32)44-30(36)19-9-11-20(39-3)12-10-19/h9-12,21-29,37H,8,13-18H2,1-7H3. The van der Waals surface area contributed by atoms with Crippen LogP contribution >= 0.6 is 0 Å². The maximum absolute atomic E-state index is 13.8. The van der Waals surface area contributed by atoms with Crippen LogP contribution in [-0.2, 0) is 28.4 Å². The minimum Gasteiger partial charge on any atom is -0.497 e. The van der Waals surface area contributed by atoms with E-state index in [2.05, 4.69) is 11.8 Å². The molecule has 1 N–H and O–H groups in total. The zero-order valence-electron chi connectivity index (χ0n) is 27.1. The van der Waals surface area contributed by atoms with Crippen LogP contribution < -0.4 is 4.74 Å². The average molecular weight is 616 g/mol. The second-order valence-electron chi connectivity index (χ2n) is 14.2. The molecule has 0 amide bonds. The molecule has 6 fully saturated rings. The summed E-state index contributed by atoms with van der Waals surface area (Å²) in [6.45, 7) is 4.66. The van der Waals surface area contributed by atoms with Gasteiger partial charge in [-0.1, -0.05) is 6.92 Å². The first kappa shape index (κ1) is 30.8. The van der Waals surface area contributed by atoms with Crippen LogP contribution in [0.25, 0.3) is 0 Å². The number of hydrogen-bond donors (Lipinski definition) is 1. The highest BCUT2D eigenvalue weighted by molar-refractivity contribution is 5.89. The van der Waals surface area contributed by atoms with Crippen LogP contribution in [0.1, 0.15) is 43.0 Å². The zero-order chi connectivity index (χ0) is 31.2. The predicted molar refractivity (Wildman–Crippen MR) is 159 cm³/mol. The highest BCUT2D eigenvalue weighted by atomic mass is 16.6. The second-order valence-corrected chi connectivity index (χ2v) is 14.2. The summed E-state index contributed by atoms with van der Waals surface area (Å²) in [5.41, 5.74) is -2.25. The first-order valence-corrected chi connectivity index (χ1v) is 16.1. The number of carbonyl (C=O) groups is 1. The molecule has 1 aromatic rings. The monoisotopic (exact) mass is 615 g/mol. The fourth-order valence-electron chi connectivity index (χ4n) is 12.3. The van der Waals surface area contributed by atoms with Crippen molar-refractivity contribution in [2.24, 2.45) is 34.5 Å². The van der Waals surface area contributed by atoms with Gasteiger partial charge in [0, 0.05) is 83.1 Å². The fourth-order valence-corrected chi connectivity index (χ4v) is 12.3. The van der Waals surface area contributed by atoms with Crippen molar-refractivity contribution >= 4 is 5.97 Å². The van der Waals surface area contributed by atoms with Gasteiger partial charge in [-0.15, -0.1) is 0 Å². The Hall–Kier alpha value is -1.79. The molecule has 1 heterocycles. The van der Waals surface area contributed by atoms with Crippen molar-refractivity contribution in [1.29, 1.82) is 0 Å². The molecule has 1 spiro atoms. The maximum Gasteiger partial charge on any atom is 0.338 e. The van der Waals surface area contributed by atoms with Crippen molar-refractivity contribution in [2.75, 3.05) is 62.4 Å². The molecular weight excluding hydrogens is 566 g/mol. The van der Waals surface area contributed by atoms with Crippen molar-refractivity contribution < 1.29 is 43.1 Å². The third-order valence-corrected chi connectivity index (χ3v) is 13.4. The maximum atomic E-state index is 13.8. The third kappa shape index (κ3) is 3.54. The van der Waals surface area contributed by atoms with Gasteiger partial charge < -0.3 is 38.3 Å².